The highest BCUT2D eigenvalue weighted by atomic mass is 19.1. The molecule has 2 aromatic rings. The second-order valence-corrected chi connectivity index (χ2v) is 5.33. The minimum Gasteiger partial charge on any atom is -0.380 e. The summed E-state index contributed by atoms with van der Waals surface area (Å²) in [6.45, 7) is 0.500. The lowest BCUT2D eigenvalue weighted by molar-refractivity contribution is -0.118. The number of aromatic nitrogens is 1. The number of halogens is 1. The second kappa shape index (κ2) is 8.37. The third kappa shape index (κ3) is 4.74. The number of hydrogen-bond acceptors (Lipinski definition) is 4. The van der Waals surface area contributed by atoms with E-state index in [1.54, 1.807) is 24.4 Å². The molecule has 0 bridgehead atoms. The zero-order chi connectivity index (χ0) is 17.5. The third-order valence-corrected chi connectivity index (χ3v) is 3.57. The topological polar surface area (TPSA) is 86.3 Å². The molecule has 0 aliphatic carbocycles. The van der Waals surface area contributed by atoms with Crippen molar-refractivity contribution in [2.24, 2.45) is 5.73 Å². The van der Waals surface area contributed by atoms with Crippen LogP contribution in [0.15, 0.2) is 47.4 Å². The smallest absolute Gasteiger partial charge is 0.274 e. The van der Waals surface area contributed by atoms with Crippen LogP contribution in [-0.4, -0.2) is 30.2 Å². The molecule has 0 fully saturated rings. The third-order valence-electron chi connectivity index (χ3n) is 3.57. The Kier molecular flexibility index (Phi) is 6.22. The normalized spacial score (nSPS) is 12.0. The molecule has 0 spiro atoms. The van der Waals surface area contributed by atoms with Gasteiger partial charge in [-0.1, -0.05) is 12.1 Å². The number of amides is 1. The highest BCUT2D eigenvalue weighted by molar-refractivity contribution is 5.90. The van der Waals surface area contributed by atoms with E-state index < -0.39 is 6.10 Å². The Morgan fingerprint density at radius 2 is 2.04 bits per heavy atom. The molecule has 0 aliphatic rings. The molecule has 0 saturated carbocycles. The average molecular weight is 333 g/mol. The van der Waals surface area contributed by atoms with Gasteiger partial charge in [0, 0.05) is 19.9 Å². The number of rotatable bonds is 7. The molecule has 7 heteroatoms. The largest absolute Gasteiger partial charge is 0.380 e. The maximum atomic E-state index is 12.9. The van der Waals surface area contributed by atoms with E-state index in [9.17, 15) is 14.0 Å². The van der Waals surface area contributed by atoms with Crippen molar-refractivity contribution in [1.82, 2.24) is 4.57 Å². The summed E-state index contributed by atoms with van der Waals surface area (Å²) in [5, 5.41) is 2.58. The Bertz CT molecular complexity index is 739. The van der Waals surface area contributed by atoms with Crippen molar-refractivity contribution < 1.29 is 13.9 Å². The van der Waals surface area contributed by atoms with Crippen molar-refractivity contribution in [2.75, 3.05) is 19.0 Å². The van der Waals surface area contributed by atoms with Gasteiger partial charge in [0.15, 0.2) is 0 Å². The van der Waals surface area contributed by atoms with Crippen LogP contribution >= 0.6 is 0 Å². The van der Waals surface area contributed by atoms with Crippen molar-refractivity contribution >= 4 is 11.6 Å². The van der Waals surface area contributed by atoms with E-state index in [0.29, 0.717) is 0 Å². The minimum atomic E-state index is -0.393. The molecule has 24 heavy (non-hydrogen) atoms. The van der Waals surface area contributed by atoms with Crippen LogP contribution in [-0.2, 0) is 16.1 Å². The van der Waals surface area contributed by atoms with E-state index in [0.717, 1.165) is 5.56 Å². The van der Waals surface area contributed by atoms with Crippen molar-refractivity contribution in [3.8, 4) is 0 Å². The van der Waals surface area contributed by atoms with Crippen LogP contribution < -0.4 is 16.6 Å². The molecule has 1 heterocycles. The van der Waals surface area contributed by atoms with E-state index in [-0.39, 0.29) is 42.5 Å². The minimum absolute atomic E-state index is 0.0687. The lowest BCUT2D eigenvalue weighted by Gasteiger charge is -2.13. The fourth-order valence-electron chi connectivity index (χ4n) is 2.21. The Labute approximate surface area is 139 Å². The number of carbonyl (C=O) groups excluding carboxylic acids is 1. The Balaban J connectivity index is 2.11. The number of methoxy groups -OCH3 is 1. The number of anilines is 1. The summed E-state index contributed by atoms with van der Waals surface area (Å²) in [5.74, 6) is -0.677. The first-order valence-corrected chi connectivity index (χ1v) is 7.50. The standard InChI is InChI=1S/C17H20FN3O3/c1-24-14(10-19)9-16(22)20-15-3-2-8-21(17(15)23)11-12-4-6-13(18)7-5-12/h2-8,14H,9-11,19H2,1H3,(H,20,22). The van der Waals surface area contributed by atoms with Crippen molar-refractivity contribution in [3.63, 3.8) is 0 Å². The molecule has 1 atom stereocenters. The van der Waals surface area contributed by atoms with Crippen LogP contribution in [0.2, 0.25) is 0 Å². The number of nitrogens with two attached hydrogens (primary N) is 1. The number of ether oxygens (including phenoxy) is 1. The summed E-state index contributed by atoms with van der Waals surface area (Å²) >= 11 is 0. The maximum Gasteiger partial charge on any atom is 0.274 e. The number of carbonyl (C=O) groups is 1. The van der Waals surface area contributed by atoms with Crippen LogP contribution in [0.4, 0.5) is 10.1 Å². The van der Waals surface area contributed by atoms with Crippen LogP contribution in [0.3, 0.4) is 0 Å². The van der Waals surface area contributed by atoms with Crippen LogP contribution in [0, 0.1) is 5.82 Å². The average Bonchev–Trinajstić information content (AvgIpc) is 2.58. The summed E-state index contributed by atoms with van der Waals surface area (Å²) in [4.78, 5) is 24.4. The zero-order valence-corrected chi connectivity index (χ0v) is 13.4. The van der Waals surface area contributed by atoms with Gasteiger partial charge in [0.1, 0.15) is 11.5 Å². The number of nitrogens with one attached hydrogen (secondary N) is 1. The molecular formula is C17H20FN3O3. The summed E-state index contributed by atoms with van der Waals surface area (Å²) in [6, 6.07) is 9.09. The van der Waals surface area contributed by atoms with Gasteiger partial charge in [0.25, 0.3) is 5.56 Å². The number of pyridine rings is 1. The van der Waals surface area contributed by atoms with E-state index in [1.165, 1.54) is 29.9 Å². The second-order valence-electron chi connectivity index (χ2n) is 5.33. The lowest BCUT2D eigenvalue weighted by Crippen LogP contribution is -2.30. The van der Waals surface area contributed by atoms with E-state index in [2.05, 4.69) is 5.32 Å². The fourth-order valence-corrected chi connectivity index (χ4v) is 2.21. The van der Waals surface area contributed by atoms with Crippen molar-refractivity contribution in [1.29, 1.82) is 0 Å². The maximum absolute atomic E-state index is 12.9. The van der Waals surface area contributed by atoms with E-state index >= 15 is 0 Å². The molecule has 3 N–H and O–H groups in total. The Hall–Kier alpha value is -2.51. The van der Waals surface area contributed by atoms with Crippen LogP contribution in [0.1, 0.15) is 12.0 Å². The number of nitrogens with zero attached hydrogens (tertiary/aromatic N) is 1. The lowest BCUT2D eigenvalue weighted by atomic mass is 10.2. The molecule has 1 amide bonds. The van der Waals surface area contributed by atoms with Gasteiger partial charge in [-0.15, -0.1) is 0 Å². The molecule has 2 rings (SSSR count). The monoisotopic (exact) mass is 333 g/mol. The van der Waals surface area contributed by atoms with Crippen molar-refractivity contribution in [3.05, 3.63) is 64.3 Å². The number of benzene rings is 1. The first-order valence-electron chi connectivity index (χ1n) is 7.50. The summed E-state index contributed by atoms with van der Waals surface area (Å²) in [7, 11) is 1.48. The van der Waals surface area contributed by atoms with E-state index in [4.69, 9.17) is 10.5 Å². The molecular weight excluding hydrogens is 313 g/mol. The molecule has 1 unspecified atom stereocenters. The van der Waals surface area contributed by atoms with Crippen LogP contribution in [0.5, 0.6) is 0 Å². The van der Waals surface area contributed by atoms with Gasteiger partial charge in [-0.2, -0.15) is 0 Å². The first kappa shape index (κ1) is 17.8. The van der Waals surface area contributed by atoms with Gasteiger partial charge >= 0.3 is 0 Å². The summed E-state index contributed by atoms with van der Waals surface area (Å²) in [6.07, 6.45) is 1.29. The molecule has 128 valence electrons. The quantitative estimate of drug-likeness (QED) is 0.800. The molecule has 1 aromatic carbocycles. The number of hydrogen-bond donors (Lipinski definition) is 2. The Morgan fingerprint density at radius 3 is 2.67 bits per heavy atom. The predicted molar refractivity (Wildman–Crippen MR) is 89.3 cm³/mol. The summed E-state index contributed by atoms with van der Waals surface area (Å²) in [5.41, 5.74) is 6.10. The van der Waals surface area contributed by atoms with E-state index in [1.807, 2.05) is 0 Å². The highest BCUT2D eigenvalue weighted by Gasteiger charge is 2.13. The predicted octanol–water partition coefficient (Wildman–Crippen LogP) is 1.34. The molecule has 0 saturated heterocycles. The fraction of sp³-hybridized carbons (Fsp3) is 0.294. The molecule has 1 aromatic heterocycles. The molecule has 6 nitrogen and oxygen atoms in total. The van der Waals surface area contributed by atoms with Gasteiger partial charge in [-0.3, -0.25) is 9.59 Å². The SMILES string of the molecule is COC(CN)CC(=O)Nc1cccn(Cc2ccc(F)cc2)c1=O. The first-order chi connectivity index (χ1) is 11.5. The van der Waals surface area contributed by atoms with Crippen molar-refractivity contribution in [2.45, 2.75) is 19.1 Å². The van der Waals surface area contributed by atoms with Gasteiger partial charge in [0.2, 0.25) is 5.91 Å². The molecule has 0 aliphatic heterocycles. The summed E-state index contributed by atoms with van der Waals surface area (Å²) < 4.78 is 19.4. The van der Waals surface area contributed by atoms with Crippen LogP contribution in [0.25, 0.3) is 0 Å². The van der Waals surface area contributed by atoms with Gasteiger partial charge in [-0.25, -0.2) is 4.39 Å². The zero-order valence-electron chi connectivity index (χ0n) is 13.4. The van der Waals surface area contributed by atoms with Gasteiger partial charge in [-0.05, 0) is 29.8 Å². The van der Waals surface area contributed by atoms with Gasteiger partial charge < -0.3 is 20.4 Å². The molecule has 0 radical (unpaired) electrons. The Morgan fingerprint density at radius 1 is 1.33 bits per heavy atom. The van der Waals surface area contributed by atoms with Gasteiger partial charge in [0.05, 0.1) is 19.1 Å². The highest BCUT2D eigenvalue weighted by Crippen LogP contribution is 2.06.